The van der Waals surface area contributed by atoms with Crippen molar-refractivity contribution in [2.45, 2.75) is 19.5 Å². The minimum Gasteiger partial charge on any atom is -0.496 e. The molecule has 1 aliphatic heterocycles. The van der Waals surface area contributed by atoms with Crippen LogP contribution in [0.5, 0.6) is 5.75 Å². The van der Waals surface area contributed by atoms with Crippen LogP contribution in [0.4, 0.5) is 0 Å². The minimum absolute atomic E-state index is 0.0282. The Balaban J connectivity index is 1.56. The van der Waals surface area contributed by atoms with Gasteiger partial charge in [-0.25, -0.2) is 0 Å². The van der Waals surface area contributed by atoms with Gasteiger partial charge in [0.2, 0.25) is 0 Å². The predicted octanol–water partition coefficient (Wildman–Crippen LogP) is 4.09. The number of carboxylic acid groups (broad SMARTS) is 1. The second kappa shape index (κ2) is 7.47. The van der Waals surface area contributed by atoms with Crippen molar-refractivity contribution in [1.29, 1.82) is 0 Å². The van der Waals surface area contributed by atoms with Gasteiger partial charge in [-0.3, -0.25) is 9.59 Å². The average Bonchev–Trinajstić information content (AvgIpc) is 3.10. The molecule has 0 aliphatic carbocycles. The first-order valence-electron chi connectivity index (χ1n) is 10.2. The number of aromatic nitrogens is 1. The Morgan fingerprint density at radius 3 is 2.42 bits per heavy atom. The monoisotopic (exact) mass is 414 g/mol. The van der Waals surface area contributed by atoms with Crippen LogP contribution in [0.3, 0.4) is 0 Å². The number of hydrogen-bond donors (Lipinski definition) is 1. The van der Waals surface area contributed by atoms with E-state index in [0.29, 0.717) is 25.1 Å². The molecule has 0 atom stereocenters. The second-order valence-corrected chi connectivity index (χ2v) is 7.76. The molecule has 156 valence electrons. The van der Waals surface area contributed by atoms with Crippen molar-refractivity contribution < 1.29 is 19.4 Å². The first kappa shape index (κ1) is 19.2. The van der Waals surface area contributed by atoms with E-state index in [9.17, 15) is 14.7 Å². The fraction of sp³-hybridized carbons (Fsp3) is 0.200. The molecule has 0 unspecified atom stereocenters. The van der Waals surface area contributed by atoms with E-state index in [4.69, 9.17) is 4.74 Å². The van der Waals surface area contributed by atoms with Crippen molar-refractivity contribution in [2.24, 2.45) is 0 Å². The SMILES string of the molecule is COc1ccc(C(=O)N2CCc3c(c4ccccc4n3CC(=O)O)C2)c2ccccc12. The van der Waals surface area contributed by atoms with Crippen molar-refractivity contribution in [3.05, 3.63) is 77.5 Å². The zero-order valence-electron chi connectivity index (χ0n) is 17.2. The summed E-state index contributed by atoms with van der Waals surface area (Å²) in [6, 6.07) is 19.2. The van der Waals surface area contributed by atoms with E-state index in [1.54, 1.807) is 7.11 Å². The highest BCUT2D eigenvalue weighted by Gasteiger charge is 2.28. The van der Waals surface area contributed by atoms with Gasteiger partial charge >= 0.3 is 5.97 Å². The molecule has 2 heterocycles. The number of carboxylic acids is 1. The number of ether oxygens (including phenoxy) is 1. The molecule has 4 aromatic rings. The molecule has 0 saturated heterocycles. The highest BCUT2D eigenvalue weighted by molar-refractivity contribution is 6.08. The van der Waals surface area contributed by atoms with Crippen LogP contribution in [0.2, 0.25) is 0 Å². The van der Waals surface area contributed by atoms with E-state index in [-0.39, 0.29) is 12.5 Å². The van der Waals surface area contributed by atoms with Gasteiger partial charge < -0.3 is 19.3 Å². The number of benzene rings is 3. The summed E-state index contributed by atoms with van der Waals surface area (Å²) in [5.74, 6) is -0.156. The highest BCUT2D eigenvalue weighted by Crippen LogP contribution is 2.33. The summed E-state index contributed by atoms with van der Waals surface area (Å²) in [6.45, 7) is 0.927. The van der Waals surface area contributed by atoms with Crippen molar-refractivity contribution in [1.82, 2.24) is 9.47 Å². The number of methoxy groups -OCH3 is 1. The van der Waals surface area contributed by atoms with Crippen LogP contribution in [0.15, 0.2) is 60.7 Å². The van der Waals surface area contributed by atoms with Crippen molar-refractivity contribution in [3.63, 3.8) is 0 Å². The lowest BCUT2D eigenvalue weighted by Crippen LogP contribution is -2.36. The normalized spacial score (nSPS) is 13.4. The predicted molar refractivity (Wildman–Crippen MR) is 119 cm³/mol. The van der Waals surface area contributed by atoms with Crippen LogP contribution in [-0.4, -0.2) is 40.1 Å². The van der Waals surface area contributed by atoms with Gasteiger partial charge in [-0.2, -0.15) is 0 Å². The summed E-state index contributed by atoms with van der Waals surface area (Å²) < 4.78 is 7.33. The summed E-state index contributed by atoms with van der Waals surface area (Å²) in [4.78, 5) is 26.8. The van der Waals surface area contributed by atoms with E-state index in [0.717, 1.165) is 38.7 Å². The molecule has 0 saturated carbocycles. The van der Waals surface area contributed by atoms with Gasteiger partial charge in [-0.1, -0.05) is 42.5 Å². The Morgan fingerprint density at radius 2 is 1.68 bits per heavy atom. The summed E-state index contributed by atoms with van der Waals surface area (Å²) in [7, 11) is 1.63. The Bertz CT molecular complexity index is 1340. The number of rotatable bonds is 4. The average molecular weight is 414 g/mol. The van der Waals surface area contributed by atoms with Gasteiger partial charge in [0.1, 0.15) is 12.3 Å². The summed E-state index contributed by atoms with van der Waals surface area (Å²) >= 11 is 0. The molecule has 0 spiro atoms. The molecule has 31 heavy (non-hydrogen) atoms. The number of carbonyl (C=O) groups is 2. The Labute approximate surface area is 179 Å². The molecule has 1 aliphatic rings. The molecule has 1 amide bonds. The molecule has 0 bridgehead atoms. The van der Waals surface area contributed by atoms with Gasteiger partial charge in [-0.05, 0) is 23.6 Å². The lowest BCUT2D eigenvalue weighted by molar-refractivity contribution is -0.137. The number of fused-ring (bicyclic) bond motifs is 4. The first-order chi connectivity index (χ1) is 15.1. The molecular weight excluding hydrogens is 392 g/mol. The van der Waals surface area contributed by atoms with Gasteiger partial charge in [0, 0.05) is 52.6 Å². The highest BCUT2D eigenvalue weighted by atomic mass is 16.5. The van der Waals surface area contributed by atoms with Crippen LogP contribution < -0.4 is 4.74 Å². The van der Waals surface area contributed by atoms with Crippen molar-refractivity contribution in [2.75, 3.05) is 13.7 Å². The Morgan fingerprint density at radius 1 is 0.968 bits per heavy atom. The minimum atomic E-state index is -0.869. The molecule has 1 aromatic heterocycles. The smallest absolute Gasteiger partial charge is 0.323 e. The van der Waals surface area contributed by atoms with Crippen molar-refractivity contribution in [3.8, 4) is 5.75 Å². The Hall–Kier alpha value is -3.80. The Kier molecular flexibility index (Phi) is 4.62. The number of amides is 1. The molecule has 0 fully saturated rings. The third-order valence-electron chi connectivity index (χ3n) is 6.08. The van der Waals surface area contributed by atoms with E-state index in [1.807, 2.05) is 70.1 Å². The molecular formula is C25H22N2O4. The fourth-order valence-electron chi connectivity index (χ4n) is 4.70. The third-order valence-corrected chi connectivity index (χ3v) is 6.08. The third kappa shape index (κ3) is 3.11. The van der Waals surface area contributed by atoms with Gasteiger partial charge in [0.15, 0.2) is 0 Å². The van der Waals surface area contributed by atoms with Crippen LogP contribution in [-0.2, 0) is 24.3 Å². The van der Waals surface area contributed by atoms with Crippen LogP contribution >= 0.6 is 0 Å². The van der Waals surface area contributed by atoms with E-state index < -0.39 is 5.97 Å². The molecule has 6 nitrogen and oxygen atoms in total. The molecule has 5 rings (SSSR count). The van der Waals surface area contributed by atoms with Gasteiger partial charge in [0.25, 0.3) is 5.91 Å². The van der Waals surface area contributed by atoms with Gasteiger partial charge in [-0.15, -0.1) is 0 Å². The molecule has 3 aromatic carbocycles. The lowest BCUT2D eigenvalue weighted by atomic mass is 10.00. The maximum absolute atomic E-state index is 13.5. The summed E-state index contributed by atoms with van der Waals surface area (Å²) in [6.07, 6.45) is 0.622. The second-order valence-electron chi connectivity index (χ2n) is 7.76. The zero-order chi connectivity index (χ0) is 21.5. The fourth-order valence-corrected chi connectivity index (χ4v) is 4.70. The number of carbonyl (C=O) groups excluding carboxylic acids is 1. The number of nitrogens with zero attached hydrogens (tertiary/aromatic N) is 2. The summed E-state index contributed by atoms with van der Waals surface area (Å²) in [5, 5.41) is 12.2. The lowest BCUT2D eigenvalue weighted by Gasteiger charge is -2.29. The summed E-state index contributed by atoms with van der Waals surface area (Å²) in [5.41, 5.74) is 3.59. The standard InChI is InChI=1S/C25H22N2O4/c1-31-23-11-10-19(16-6-2-3-8-18(16)23)25(30)26-13-12-22-20(14-26)17-7-4-5-9-21(17)27(22)15-24(28)29/h2-11H,12-15H2,1H3,(H,28,29). The van der Waals surface area contributed by atoms with E-state index in [1.165, 1.54) is 0 Å². The molecule has 1 N–H and O–H groups in total. The van der Waals surface area contributed by atoms with Crippen LogP contribution in [0.1, 0.15) is 21.6 Å². The maximum Gasteiger partial charge on any atom is 0.323 e. The van der Waals surface area contributed by atoms with E-state index in [2.05, 4.69) is 0 Å². The van der Waals surface area contributed by atoms with Gasteiger partial charge in [0.05, 0.1) is 7.11 Å². The quantitative estimate of drug-likeness (QED) is 0.546. The van der Waals surface area contributed by atoms with Crippen molar-refractivity contribution >= 4 is 33.6 Å². The zero-order valence-corrected chi connectivity index (χ0v) is 17.2. The van der Waals surface area contributed by atoms with E-state index >= 15 is 0 Å². The number of hydrogen-bond acceptors (Lipinski definition) is 3. The maximum atomic E-state index is 13.5. The number of aliphatic carboxylic acids is 1. The largest absolute Gasteiger partial charge is 0.496 e. The molecule has 0 radical (unpaired) electrons. The molecule has 6 heteroatoms. The van der Waals surface area contributed by atoms with Crippen LogP contribution in [0, 0.1) is 0 Å². The number of para-hydroxylation sites is 1. The first-order valence-corrected chi connectivity index (χ1v) is 10.2. The van der Waals surface area contributed by atoms with Crippen LogP contribution in [0.25, 0.3) is 21.7 Å². The topological polar surface area (TPSA) is 71.8 Å².